The molecule has 0 unspecified atom stereocenters. The molecule has 0 aliphatic heterocycles. The molecule has 0 aliphatic rings. The molecule has 0 radical (unpaired) electrons. The number of hydrogen-bond donors (Lipinski definition) is 0. The summed E-state index contributed by atoms with van der Waals surface area (Å²) in [6.45, 7) is 0. The van der Waals surface area contributed by atoms with Gasteiger partial charge in [-0.2, -0.15) is 0 Å². The third kappa shape index (κ3) is 176. The van der Waals surface area contributed by atoms with Crippen molar-refractivity contribution in [3.8, 4) is 0 Å². The summed E-state index contributed by atoms with van der Waals surface area (Å²) in [6.07, 6.45) is 0. The molecule has 0 fully saturated rings. The zero-order valence-electron chi connectivity index (χ0n) is 4.05. The van der Waals surface area contributed by atoms with E-state index in [1.54, 1.807) is 0 Å². The molecular formula is CaO6Ta2. The average Bonchev–Trinajstić information content (AvgIpc) is 1.25. The van der Waals surface area contributed by atoms with Crippen molar-refractivity contribution in [2.24, 2.45) is 0 Å². The third-order valence-electron chi connectivity index (χ3n) is 0. The van der Waals surface area contributed by atoms with Crippen molar-refractivity contribution < 1.29 is 57.8 Å². The van der Waals surface area contributed by atoms with E-state index in [-0.39, 0.29) is 37.7 Å². The monoisotopic (exact) mass is 498 g/mol. The van der Waals surface area contributed by atoms with E-state index in [1.807, 2.05) is 0 Å². The second-order valence-electron chi connectivity index (χ2n) is 0.447. The van der Waals surface area contributed by atoms with Crippen LogP contribution in [0.3, 0.4) is 0 Å². The summed E-state index contributed by atoms with van der Waals surface area (Å²) in [4.78, 5) is 0. The second-order valence-corrected chi connectivity index (χ2v) is 3.66. The van der Waals surface area contributed by atoms with Gasteiger partial charge in [-0.25, -0.2) is 0 Å². The summed E-state index contributed by atoms with van der Waals surface area (Å²) in [5.74, 6) is 0. The maximum atomic E-state index is 8.62. The number of hydrogen-bond acceptors (Lipinski definition) is 6. The average molecular weight is 498 g/mol. The molecular weight excluding hydrogens is 498 g/mol. The molecule has 0 aliphatic carbocycles. The molecule has 9 heteroatoms. The quantitative estimate of drug-likeness (QED) is 0.325. The van der Waals surface area contributed by atoms with Crippen LogP contribution in [0.15, 0.2) is 0 Å². The fourth-order valence-corrected chi connectivity index (χ4v) is 0. The summed E-state index contributed by atoms with van der Waals surface area (Å²) in [5, 5.41) is 0. The van der Waals surface area contributed by atoms with E-state index in [0.29, 0.717) is 0 Å². The van der Waals surface area contributed by atoms with Crippen LogP contribution in [-0.4, -0.2) is 37.7 Å². The van der Waals surface area contributed by atoms with Gasteiger partial charge < -0.3 is 0 Å². The second kappa shape index (κ2) is 12.5. The van der Waals surface area contributed by atoms with Gasteiger partial charge in [0.1, 0.15) is 0 Å². The molecule has 0 heterocycles. The molecule has 0 amide bonds. The van der Waals surface area contributed by atoms with Crippen LogP contribution in [0.2, 0.25) is 0 Å². The van der Waals surface area contributed by atoms with E-state index >= 15 is 0 Å². The van der Waals surface area contributed by atoms with Gasteiger partial charge in [-0.3, -0.25) is 0 Å². The number of rotatable bonds is 0. The van der Waals surface area contributed by atoms with Crippen molar-refractivity contribution in [2.45, 2.75) is 0 Å². The predicted octanol–water partition coefficient (Wildman–Crippen LogP) is -3.24. The van der Waals surface area contributed by atoms with Crippen LogP contribution in [0, 0.1) is 0 Å². The Morgan fingerprint density at radius 2 is 0.778 bits per heavy atom. The van der Waals surface area contributed by atoms with Crippen LogP contribution in [-0.2, 0) is 50.6 Å². The van der Waals surface area contributed by atoms with Crippen LogP contribution < -0.4 is 7.23 Å². The molecule has 6 nitrogen and oxygen atoms in total. The molecule has 0 aromatic heterocycles. The van der Waals surface area contributed by atoms with Crippen molar-refractivity contribution in [3.05, 3.63) is 0 Å². The SMILES string of the molecule is [Ca+2].[O]=[Ta](=[O])[O-].[O]=[Ta](=[O])[O-]. The Labute approximate surface area is 93.8 Å². The minimum absolute atomic E-state index is 0. The van der Waals surface area contributed by atoms with Gasteiger partial charge in [-0.1, -0.05) is 0 Å². The van der Waals surface area contributed by atoms with Gasteiger partial charge >= 0.3 is 95.5 Å². The van der Waals surface area contributed by atoms with Crippen molar-refractivity contribution in [2.75, 3.05) is 0 Å². The standard InChI is InChI=1S/Ca.6O.2Ta/q+2;;;;;2*-1;;. The van der Waals surface area contributed by atoms with E-state index < -0.39 is 37.6 Å². The van der Waals surface area contributed by atoms with Gasteiger partial charge in [-0.15, -0.1) is 0 Å². The third-order valence-corrected chi connectivity index (χ3v) is 0. The minimum atomic E-state index is -4.34. The van der Waals surface area contributed by atoms with Crippen LogP contribution >= 0.6 is 0 Å². The van der Waals surface area contributed by atoms with Crippen LogP contribution in [0.4, 0.5) is 0 Å². The van der Waals surface area contributed by atoms with Gasteiger partial charge in [0, 0.05) is 0 Å². The van der Waals surface area contributed by atoms with E-state index in [9.17, 15) is 0 Å². The van der Waals surface area contributed by atoms with Gasteiger partial charge in [0.25, 0.3) is 0 Å². The molecule has 0 rings (SSSR count). The Bertz CT molecular complexity index is 128. The Morgan fingerprint density at radius 1 is 0.778 bits per heavy atom. The molecule has 0 N–H and O–H groups in total. The van der Waals surface area contributed by atoms with E-state index in [4.69, 9.17) is 20.2 Å². The van der Waals surface area contributed by atoms with E-state index in [0.717, 1.165) is 0 Å². The Hall–Kier alpha value is 1.86. The summed E-state index contributed by atoms with van der Waals surface area (Å²) in [7, 11) is 0. The normalized spacial score (nSPS) is 5.56. The molecule has 48 valence electrons. The van der Waals surface area contributed by atoms with Gasteiger partial charge in [-0.05, 0) is 0 Å². The van der Waals surface area contributed by atoms with Crippen molar-refractivity contribution in [3.63, 3.8) is 0 Å². The first-order valence-corrected chi connectivity index (χ1v) is 8.97. The summed E-state index contributed by atoms with van der Waals surface area (Å²) < 4.78 is 51.7. The van der Waals surface area contributed by atoms with Gasteiger partial charge in [0.05, 0.1) is 0 Å². The van der Waals surface area contributed by atoms with E-state index in [1.165, 1.54) is 0 Å². The van der Waals surface area contributed by atoms with Crippen LogP contribution in [0.5, 0.6) is 0 Å². The summed E-state index contributed by atoms with van der Waals surface area (Å²) in [5.41, 5.74) is 0. The van der Waals surface area contributed by atoms with Crippen molar-refractivity contribution in [1.29, 1.82) is 0 Å². The Kier molecular flexibility index (Phi) is 23.8. The first kappa shape index (κ1) is 17.1. The van der Waals surface area contributed by atoms with Crippen molar-refractivity contribution in [1.82, 2.24) is 0 Å². The molecule has 9 heavy (non-hydrogen) atoms. The maximum absolute atomic E-state index is 8.62. The van der Waals surface area contributed by atoms with Gasteiger partial charge in [0.15, 0.2) is 0 Å². The molecule has 0 atom stereocenters. The molecule has 0 aromatic rings. The zero-order valence-corrected chi connectivity index (χ0v) is 12.7. The summed E-state index contributed by atoms with van der Waals surface area (Å²) >= 11 is -8.69. The predicted molar refractivity (Wildman–Crippen MR) is 8.50 cm³/mol. The fourth-order valence-electron chi connectivity index (χ4n) is 0. The first-order valence-electron chi connectivity index (χ1n) is 1.10. The van der Waals surface area contributed by atoms with E-state index in [2.05, 4.69) is 0 Å². The first-order chi connectivity index (χ1) is 3.46. The van der Waals surface area contributed by atoms with Gasteiger partial charge in [0.2, 0.25) is 0 Å². The molecule has 0 spiro atoms. The molecule has 0 bridgehead atoms. The zero-order chi connectivity index (χ0) is 7.15. The molecule has 0 saturated heterocycles. The van der Waals surface area contributed by atoms with Crippen molar-refractivity contribution >= 4 is 37.7 Å². The Balaban J connectivity index is -0.0000000720. The van der Waals surface area contributed by atoms with Crippen LogP contribution in [0.1, 0.15) is 0 Å². The summed E-state index contributed by atoms with van der Waals surface area (Å²) in [6, 6.07) is 0. The van der Waals surface area contributed by atoms with Crippen LogP contribution in [0.25, 0.3) is 0 Å². The molecule has 0 saturated carbocycles. The molecule has 0 aromatic carbocycles. The Morgan fingerprint density at radius 3 is 0.778 bits per heavy atom. The topological polar surface area (TPSA) is 114 Å². The fraction of sp³-hybridized carbons (Fsp3) is 0.